The lowest BCUT2D eigenvalue weighted by molar-refractivity contribution is 0.102. The van der Waals surface area contributed by atoms with E-state index in [1.807, 2.05) is 6.92 Å². The van der Waals surface area contributed by atoms with E-state index in [9.17, 15) is 9.59 Å². The van der Waals surface area contributed by atoms with Crippen molar-refractivity contribution in [3.05, 3.63) is 69.0 Å². The van der Waals surface area contributed by atoms with E-state index in [1.165, 1.54) is 15.4 Å². The van der Waals surface area contributed by atoms with Crippen LogP contribution < -0.4 is 10.9 Å². The van der Waals surface area contributed by atoms with Crippen molar-refractivity contribution in [3.63, 3.8) is 0 Å². The lowest BCUT2D eigenvalue weighted by Gasteiger charge is -2.13. The van der Waals surface area contributed by atoms with E-state index in [-0.39, 0.29) is 11.1 Å². The molecule has 3 heterocycles. The zero-order valence-electron chi connectivity index (χ0n) is 13.9. The predicted molar refractivity (Wildman–Crippen MR) is 95.5 cm³/mol. The first-order chi connectivity index (χ1) is 11.9. The highest BCUT2D eigenvalue weighted by Crippen LogP contribution is 2.19. The fourth-order valence-electron chi connectivity index (χ4n) is 2.53. The molecule has 128 valence electrons. The number of halogens is 1. The lowest BCUT2D eigenvalue weighted by atomic mass is 10.1. The van der Waals surface area contributed by atoms with Gasteiger partial charge in [-0.25, -0.2) is 9.67 Å². The summed E-state index contributed by atoms with van der Waals surface area (Å²) in [6.45, 7) is 3.55. The summed E-state index contributed by atoms with van der Waals surface area (Å²) < 4.78 is 2.90. The average molecular weight is 358 g/mol. The van der Waals surface area contributed by atoms with Crippen molar-refractivity contribution in [1.82, 2.24) is 19.3 Å². The zero-order chi connectivity index (χ0) is 18.1. The van der Waals surface area contributed by atoms with Crippen LogP contribution in [0, 0.1) is 13.8 Å². The maximum atomic E-state index is 12.7. The second kappa shape index (κ2) is 6.52. The van der Waals surface area contributed by atoms with E-state index in [1.54, 1.807) is 44.6 Å². The average Bonchev–Trinajstić information content (AvgIpc) is 2.99. The van der Waals surface area contributed by atoms with Gasteiger partial charge in [-0.3, -0.25) is 9.59 Å². The van der Waals surface area contributed by atoms with Crippen LogP contribution in [0.25, 0.3) is 5.82 Å². The number of hydrogen-bond acceptors (Lipinski definition) is 4. The summed E-state index contributed by atoms with van der Waals surface area (Å²) in [7, 11) is 1.63. The van der Waals surface area contributed by atoms with Crippen LogP contribution in [-0.4, -0.2) is 25.2 Å². The van der Waals surface area contributed by atoms with E-state index in [4.69, 9.17) is 11.6 Å². The molecule has 7 nitrogen and oxygen atoms in total. The molecule has 3 aromatic heterocycles. The summed E-state index contributed by atoms with van der Waals surface area (Å²) in [6, 6.07) is 5.17. The Hall–Kier alpha value is -2.93. The highest BCUT2D eigenvalue weighted by Gasteiger charge is 2.18. The minimum Gasteiger partial charge on any atom is -0.319 e. The topological polar surface area (TPSA) is 81.8 Å². The molecule has 0 saturated heterocycles. The van der Waals surface area contributed by atoms with Gasteiger partial charge in [-0.15, -0.1) is 0 Å². The fraction of sp³-hybridized carbons (Fsp3) is 0.176. The molecule has 0 spiro atoms. The van der Waals surface area contributed by atoms with Gasteiger partial charge in [0, 0.05) is 18.9 Å². The van der Waals surface area contributed by atoms with Crippen molar-refractivity contribution in [2.75, 3.05) is 5.32 Å². The van der Waals surface area contributed by atoms with Crippen LogP contribution in [0.2, 0.25) is 5.02 Å². The number of anilines is 1. The number of amides is 1. The van der Waals surface area contributed by atoms with Crippen molar-refractivity contribution in [2.24, 2.45) is 7.05 Å². The molecule has 0 atom stereocenters. The first-order valence-electron chi connectivity index (χ1n) is 7.52. The number of pyridine rings is 2. The number of carbonyl (C=O) groups excluding carboxylic acids is 1. The molecule has 0 fully saturated rings. The van der Waals surface area contributed by atoms with Crippen molar-refractivity contribution in [1.29, 1.82) is 0 Å². The van der Waals surface area contributed by atoms with Gasteiger partial charge in [0.1, 0.15) is 5.56 Å². The van der Waals surface area contributed by atoms with Crippen LogP contribution in [0.4, 0.5) is 5.69 Å². The summed E-state index contributed by atoms with van der Waals surface area (Å²) in [5, 5.41) is 7.29. The minimum atomic E-state index is -0.495. The maximum absolute atomic E-state index is 12.7. The van der Waals surface area contributed by atoms with Gasteiger partial charge in [-0.2, -0.15) is 5.10 Å². The summed E-state index contributed by atoms with van der Waals surface area (Å²) in [4.78, 5) is 29.4. The second-order valence-corrected chi connectivity index (χ2v) is 6.08. The van der Waals surface area contributed by atoms with Crippen LogP contribution >= 0.6 is 11.6 Å². The van der Waals surface area contributed by atoms with Gasteiger partial charge in [0.05, 0.1) is 23.1 Å². The van der Waals surface area contributed by atoms with E-state index < -0.39 is 5.91 Å². The number of nitrogens with one attached hydrogen (secondary N) is 1. The predicted octanol–water partition coefficient (Wildman–Crippen LogP) is 2.49. The molecule has 1 amide bonds. The van der Waals surface area contributed by atoms with Crippen molar-refractivity contribution >= 4 is 23.2 Å². The third-order valence-corrected chi connectivity index (χ3v) is 4.09. The van der Waals surface area contributed by atoms with E-state index in [0.717, 1.165) is 5.69 Å². The number of nitrogens with zero attached hydrogens (tertiary/aromatic N) is 4. The van der Waals surface area contributed by atoms with Gasteiger partial charge in [0.2, 0.25) is 0 Å². The highest BCUT2D eigenvalue weighted by molar-refractivity contribution is 6.30. The quantitative estimate of drug-likeness (QED) is 0.780. The number of hydrogen-bond donors (Lipinski definition) is 1. The lowest BCUT2D eigenvalue weighted by Crippen LogP contribution is -2.30. The molecular formula is C17H16ClN5O2. The molecule has 25 heavy (non-hydrogen) atoms. The molecule has 1 N–H and O–H groups in total. The Bertz CT molecular complexity index is 1020. The van der Waals surface area contributed by atoms with Crippen LogP contribution in [0.5, 0.6) is 0 Å². The molecular weight excluding hydrogens is 342 g/mol. The van der Waals surface area contributed by atoms with E-state index >= 15 is 0 Å². The van der Waals surface area contributed by atoms with Crippen LogP contribution in [0.3, 0.4) is 0 Å². The standard InChI is InChI=1S/C17H16ClN5O2/c1-10-7-11(2)22(3)17(25)14(10)16(24)21-13-5-4-6-19-15(13)23-9-12(18)8-20-23/h4-9H,1-3H3,(H,21,24). The Kier molecular flexibility index (Phi) is 4.41. The summed E-state index contributed by atoms with van der Waals surface area (Å²) in [5.74, 6) is -0.0880. The Morgan fingerprint density at radius 1 is 1.32 bits per heavy atom. The van der Waals surface area contributed by atoms with E-state index in [0.29, 0.717) is 22.1 Å². The number of rotatable bonds is 3. The molecule has 8 heteroatoms. The summed E-state index contributed by atoms with van der Waals surface area (Å²) in [5.41, 5.74) is 1.58. The van der Waals surface area contributed by atoms with Gasteiger partial charge in [0.25, 0.3) is 11.5 Å². The van der Waals surface area contributed by atoms with Crippen LogP contribution in [-0.2, 0) is 7.05 Å². The third-order valence-electron chi connectivity index (χ3n) is 3.90. The Morgan fingerprint density at radius 2 is 2.08 bits per heavy atom. The third kappa shape index (κ3) is 3.18. The Morgan fingerprint density at radius 3 is 2.76 bits per heavy atom. The number of aromatic nitrogens is 4. The number of carbonyl (C=O) groups is 1. The first-order valence-corrected chi connectivity index (χ1v) is 7.90. The fourth-order valence-corrected chi connectivity index (χ4v) is 2.67. The smallest absolute Gasteiger partial charge is 0.263 e. The molecule has 0 radical (unpaired) electrons. The molecule has 0 saturated carbocycles. The Labute approximate surface area is 148 Å². The van der Waals surface area contributed by atoms with Gasteiger partial charge < -0.3 is 9.88 Å². The maximum Gasteiger partial charge on any atom is 0.263 e. The molecule has 0 aliphatic heterocycles. The number of aryl methyl sites for hydroxylation is 2. The van der Waals surface area contributed by atoms with Crippen LogP contribution in [0.1, 0.15) is 21.6 Å². The molecule has 3 aromatic rings. The largest absolute Gasteiger partial charge is 0.319 e. The summed E-state index contributed by atoms with van der Waals surface area (Å²) in [6.07, 6.45) is 4.63. The van der Waals surface area contributed by atoms with Crippen molar-refractivity contribution in [2.45, 2.75) is 13.8 Å². The van der Waals surface area contributed by atoms with Crippen molar-refractivity contribution in [3.8, 4) is 5.82 Å². The minimum absolute atomic E-state index is 0.0985. The molecule has 0 aromatic carbocycles. The normalized spacial score (nSPS) is 10.7. The Balaban J connectivity index is 2.01. The van der Waals surface area contributed by atoms with Crippen LogP contribution in [0.15, 0.2) is 41.6 Å². The monoisotopic (exact) mass is 357 g/mol. The van der Waals surface area contributed by atoms with Gasteiger partial charge in [-0.05, 0) is 37.6 Å². The molecule has 0 aliphatic carbocycles. The zero-order valence-corrected chi connectivity index (χ0v) is 14.7. The molecule has 0 bridgehead atoms. The summed E-state index contributed by atoms with van der Waals surface area (Å²) >= 11 is 5.90. The highest BCUT2D eigenvalue weighted by atomic mass is 35.5. The molecule has 0 unspecified atom stereocenters. The van der Waals surface area contributed by atoms with Gasteiger partial charge in [0.15, 0.2) is 5.82 Å². The van der Waals surface area contributed by atoms with Gasteiger partial charge in [-0.1, -0.05) is 11.6 Å². The molecule has 3 rings (SSSR count). The van der Waals surface area contributed by atoms with Gasteiger partial charge >= 0.3 is 0 Å². The SMILES string of the molecule is Cc1cc(C)n(C)c(=O)c1C(=O)Nc1cccnc1-n1cc(Cl)cn1. The van der Waals surface area contributed by atoms with Crippen molar-refractivity contribution < 1.29 is 4.79 Å². The molecule has 0 aliphatic rings. The van der Waals surface area contributed by atoms with E-state index in [2.05, 4.69) is 15.4 Å². The second-order valence-electron chi connectivity index (χ2n) is 5.64. The first kappa shape index (κ1) is 16.9.